The molecule has 0 aromatic carbocycles. The number of aromatic nitrogens is 2. The fourth-order valence-electron chi connectivity index (χ4n) is 2.09. The van der Waals surface area contributed by atoms with Crippen LogP contribution in [0.4, 0.5) is 13.2 Å². The van der Waals surface area contributed by atoms with Gasteiger partial charge < -0.3 is 5.73 Å². The van der Waals surface area contributed by atoms with Crippen LogP contribution in [0.3, 0.4) is 0 Å². The normalized spacial score (nSPS) is 20.1. The van der Waals surface area contributed by atoms with Crippen molar-refractivity contribution in [3.63, 3.8) is 0 Å². The van der Waals surface area contributed by atoms with Crippen molar-refractivity contribution in [1.29, 1.82) is 0 Å². The summed E-state index contributed by atoms with van der Waals surface area (Å²) in [5.74, 6) is 0.266. The molecule has 0 saturated carbocycles. The Labute approximate surface area is 97.3 Å². The summed E-state index contributed by atoms with van der Waals surface area (Å²) in [6, 6.07) is 0. The lowest BCUT2D eigenvalue weighted by molar-refractivity contribution is -0.128. The zero-order valence-electron chi connectivity index (χ0n) is 9.30. The molecule has 0 saturated heterocycles. The van der Waals surface area contributed by atoms with E-state index in [2.05, 4.69) is 9.97 Å². The number of hydrogen-bond acceptors (Lipinski definition) is 3. The number of nitrogens with zero attached hydrogens (tertiary/aromatic N) is 2. The summed E-state index contributed by atoms with van der Waals surface area (Å²) in [6.07, 6.45) is -1.41. The molecule has 0 aliphatic heterocycles. The van der Waals surface area contributed by atoms with Crippen molar-refractivity contribution in [1.82, 2.24) is 9.97 Å². The molecule has 94 valence electrons. The van der Waals surface area contributed by atoms with Gasteiger partial charge in [0.15, 0.2) is 0 Å². The highest BCUT2D eigenvalue weighted by Crippen LogP contribution is 2.25. The molecule has 1 aliphatic carbocycles. The lowest BCUT2D eigenvalue weighted by Crippen LogP contribution is -2.24. The molecular weight excluding hydrogens is 231 g/mol. The van der Waals surface area contributed by atoms with E-state index in [-0.39, 0.29) is 5.82 Å². The predicted molar refractivity (Wildman–Crippen MR) is 56.4 cm³/mol. The molecule has 17 heavy (non-hydrogen) atoms. The van der Waals surface area contributed by atoms with Crippen molar-refractivity contribution in [3.05, 3.63) is 23.3 Å². The van der Waals surface area contributed by atoms with E-state index in [4.69, 9.17) is 5.73 Å². The molecule has 1 aromatic rings. The van der Waals surface area contributed by atoms with E-state index in [1.807, 2.05) is 0 Å². The Hall–Kier alpha value is -1.17. The van der Waals surface area contributed by atoms with Crippen LogP contribution in [0.25, 0.3) is 0 Å². The first kappa shape index (κ1) is 12.3. The largest absolute Gasteiger partial charge is 0.396 e. The second-order valence-electron chi connectivity index (χ2n) is 4.39. The molecule has 0 radical (unpaired) electrons. The van der Waals surface area contributed by atoms with Gasteiger partial charge in [-0.3, -0.25) is 0 Å². The third kappa shape index (κ3) is 3.15. The van der Waals surface area contributed by atoms with E-state index in [0.717, 1.165) is 24.1 Å². The highest BCUT2D eigenvalue weighted by Gasteiger charge is 2.30. The third-order valence-corrected chi connectivity index (χ3v) is 2.99. The zero-order chi connectivity index (χ0) is 12.5. The maximum atomic E-state index is 12.2. The average molecular weight is 245 g/mol. The van der Waals surface area contributed by atoms with Crippen molar-refractivity contribution in [3.8, 4) is 0 Å². The van der Waals surface area contributed by atoms with Crippen LogP contribution in [0.15, 0.2) is 6.20 Å². The van der Waals surface area contributed by atoms with Crippen molar-refractivity contribution >= 4 is 0 Å². The van der Waals surface area contributed by atoms with Gasteiger partial charge in [-0.25, -0.2) is 9.97 Å². The van der Waals surface area contributed by atoms with Crippen LogP contribution in [0.5, 0.6) is 0 Å². The number of halogens is 3. The van der Waals surface area contributed by atoms with Crippen LogP contribution in [0.1, 0.15) is 23.5 Å². The molecule has 1 atom stereocenters. The van der Waals surface area contributed by atoms with Crippen LogP contribution < -0.4 is 5.73 Å². The number of hydrogen-bond donors (Lipinski definition) is 1. The Balaban J connectivity index is 2.16. The molecule has 6 heteroatoms. The Bertz CT molecular complexity index is 403. The van der Waals surface area contributed by atoms with Crippen LogP contribution >= 0.6 is 0 Å². The molecule has 1 unspecified atom stereocenters. The summed E-state index contributed by atoms with van der Waals surface area (Å²) in [5, 5.41) is 0. The first-order valence-electron chi connectivity index (χ1n) is 5.58. The molecule has 0 bridgehead atoms. The number of rotatable bonds is 2. The second-order valence-corrected chi connectivity index (χ2v) is 4.39. The molecule has 0 amide bonds. The van der Waals surface area contributed by atoms with Gasteiger partial charge in [0, 0.05) is 11.9 Å². The topological polar surface area (TPSA) is 51.8 Å². The van der Waals surface area contributed by atoms with E-state index >= 15 is 0 Å². The molecule has 1 aromatic heterocycles. The maximum absolute atomic E-state index is 12.2. The van der Waals surface area contributed by atoms with Gasteiger partial charge in [-0.15, -0.1) is 0 Å². The second kappa shape index (κ2) is 4.60. The van der Waals surface area contributed by atoms with E-state index in [0.29, 0.717) is 18.9 Å². The van der Waals surface area contributed by atoms with Gasteiger partial charge in [-0.1, -0.05) is 0 Å². The number of alkyl halides is 3. The summed E-state index contributed by atoms with van der Waals surface area (Å²) in [7, 11) is 0. The van der Waals surface area contributed by atoms with Crippen LogP contribution in [-0.2, 0) is 19.3 Å². The SMILES string of the molecule is NCC1CCc2nc(CC(F)(F)F)ncc2C1. The summed E-state index contributed by atoms with van der Waals surface area (Å²) >= 11 is 0. The monoisotopic (exact) mass is 245 g/mol. The Morgan fingerprint density at radius 1 is 1.41 bits per heavy atom. The standard InChI is InChI=1S/C11H14F3N3/c12-11(13,14)4-10-16-6-8-3-7(5-15)1-2-9(8)17-10/h6-7H,1-5,15H2. The quantitative estimate of drug-likeness (QED) is 0.861. The lowest BCUT2D eigenvalue weighted by Gasteiger charge is -2.22. The highest BCUT2D eigenvalue weighted by molar-refractivity contribution is 5.21. The van der Waals surface area contributed by atoms with Crippen molar-refractivity contribution < 1.29 is 13.2 Å². The van der Waals surface area contributed by atoms with E-state index < -0.39 is 12.6 Å². The summed E-state index contributed by atoms with van der Waals surface area (Å²) in [5.41, 5.74) is 7.28. The average Bonchev–Trinajstić information content (AvgIpc) is 2.26. The molecule has 2 rings (SSSR count). The number of aryl methyl sites for hydroxylation is 1. The minimum atomic E-state index is -4.25. The minimum absolute atomic E-state index is 0.137. The Kier molecular flexibility index (Phi) is 3.33. The van der Waals surface area contributed by atoms with Gasteiger partial charge in [0.1, 0.15) is 12.2 Å². The molecule has 0 fully saturated rings. The Morgan fingerprint density at radius 2 is 2.18 bits per heavy atom. The molecule has 1 heterocycles. The molecular formula is C11H14F3N3. The first-order valence-corrected chi connectivity index (χ1v) is 5.58. The lowest BCUT2D eigenvalue weighted by atomic mass is 9.87. The van der Waals surface area contributed by atoms with Gasteiger partial charge in [0.25, 0.3) is 0 Å². The van der Waals surface area contributed by atoms with E-state index in [9.17, 15) is 13.2 Å². The molecule has 2 N–H and O–H groups in total. The minimum Gasteiger partial charge on any atom is -0.330 e. The maximum Gasteiger partial charge on any atom is 0.396 e. The van der Waals surface area contributed by atoms with Crippen LogP contribution in [-0.4, -0.2) is 22.7 Å². The predicted octanol–water partition coefficient (Wildman–Crippen LogP) is 1.65. The van der Waals surface area contributed by atoms with Gasteiger partial charge in [0.05, 0.1) is 0 Å². The highest BCUT2D eigenvalue weighted by atomic mass is 19.4. The fraction of sp³-hybridized carbons (Fsp3) is 0.636. The summed E-state index contributed by atoms with van der Waals surface area (Å²) < 4.78 is 36.6. The molecule has 1 aliphatic rings. The van der Waals surface area contributed by atoms with Gasteiger partial charge in [0.2, 0.25) is 0 Å². The van der Waals surface area contributed by atoms with Crippen molar-refractivity contribution in [2.24, 2.45) is 11.7 Å². The van der Waals surface area contributed by atoms with Gasteiger partial charge >= 0.3 is 6.18 Å². The number of fused-ring (bicyclic) bond motifs is 1. The molecule has 0 spiro atoms. The smallest absolute Gasteiger partial charge is 0.330 e. The van der Waals surface area contributed by atoms with Crippen LogP contribution in [0.2, 0.25) is 0 Å². The summed E-state index contributed by atoms with van der Waals surface area (Å²) in [6.45, 7) is 0.601. The Morgan fingerprint density at radius 3 is 2.82 bits per heavy atom. The fourth-order valence-corrected chi connectivity index (χ4v) is 2.09. The zero-order valence-corrected chi connectivity index (χ0v) is 9.30. The van der Waals surface area contributed by atoms with E-state index in [1.54, 1.807) is 0 Å². The van der Waals surface area contributed by atoms with Crippen molar-refractivity contribution in [2.45, 2.75) is 31.9 Å². The summed E-state index contributed by atoms with van der Waals surface area (Å²) in [4.78, 5) is 7.77. The third-order valence-electron chi connectivity index (χ3n) is 2.99. The van der Waals surface area contributed by atoms with Crippen LogP contribution in [0, 0.1) is 5.92 Å². The first-order chi connectivity index (χ1) is 7.98. The van der Waals surface area contributed by atoms with Crippen molar-refractivity contribution in [2.75, 3.05) is 6.54 Å². The van der Waals surface area contributed by atoms with Gasteiger partial charge in [-0.2, -0.15) is 13.2 Å². The molecule has 3 nitrogen and oxygen atoms in total. The van der Waals surface area contributed by atoms with E-state index in [1.165, 1.54) is 6.20 Å². The number of nitrogens with two attached hydrogens (primary N) is 1. The van der Waals surface area contributed by atoms with Gasteiger partial charge in [-0.05, 0) is 37.3 Å².